The number of hydrogen-bond donors (Lipinski definition) is 0. The SMILES string of the molecule is COc1c(Br)cc(Cl)cc1C(Cl)CC1CCC1. The molecule has 1 unspecified atom stereocenters. The lowest BCUT2D eigenvalue weighted by Gasteiger charge is -2.28. The number of halogens is 3. The summed E-state index contributed by atoms with van der Waals surface area (Å²) in [4.78, 5) is 0. The molecule has 0 heterocycles. The number of rotatable bonds is 4. The van der Waals surface area contributed by atoms with Crippen molar-refractivity contribution in [1.82, 2.24) is 0 Å². The van der Waals surface area contributed by atoms with Crippen LogP contribution in [-0.2, 0) is 0 Å². The molecule has 0 aromatic heterocycles. The lowest BCUT2D eigenvalue weighted by Crippen LogP contribution is -2.13. The van der Waals surface area contributed by atoms with Gasteiger partial charge in [-0.05, 0) is 40.4 Å². The number of methoxy groups -OCH3 is 1. The molecule has 2 rings (SSSR count). The molecule has 1 aliphatic carbocycles. The zero-order valence-corrected chi connectivity index (χ0v) is 12.8. The first-order valence-electron chi connectivity index (χ1n) is 5.78. The summed E-state index contributed by atoms with van der Waals surface area (Å²) in [6, 6.07) is 3.73. The molecular formula is C13H15BrCl2O. The molecule has 0 radical (unpaired) electrons. The normalized spacial score (nSPS) is 17.6. The van der Waals surface area contributed by atoms with Crippen molar-refractivity contribution in [3.8, 4) is 5.75 Å². The van der Waals surface area contributed by atoms with Crippen LogP contribution in [0.4, 0.5) is 0 Å². The van der Waals surface area contributed by atoms with Crippen molar-refractivity contribution in [2.45, 2.75) is 31.1 Å². The minimum absolute atomic E-state index is 0.0229. The third kappa shape index (κ3) is 3.10. The smallest absolute Gasteiger partial charge is 0.137 e. The molecule has 1 aliphatic rings. The standard InChI is InChI=1S/C13H15BrCl2O/c1-17-13-10(6-9(15)7-11(13)14)12(16)5-8-3-2-4-8/h6-8,12H,2-5H2,1H3. The van der Waals surface area contributed by atoms with Gasteiger partial charge in [0.15, 0.2) is 0 Å². The van der Waals surface area contributed by atoms with Gasteiger partial charge >= 0.3 is 0 Å². The van der Waals surface area contributed by atoms with E-state index in [1.807, 2.05) is 12.1 Å². The minimum Gasteiger partial charge on any atom is -0.495 e. The van der Waals surface area contributed by atoms with Crippen molar-refractivity contribution >= 4 is 39.1 Å². The second-order valence-corrected chi connectivity index (χ2v) is 6.33. The Hall–Kier alpha value is 0.0800. The van der Waals surface area contributed by atoms with Crippen molar-refractivity contribution in [1.29, 1.82) is 0 Å². The second kappa shape index (κ2) is 5.81. The fourth-order valence-corrected chi connectivity index (χ4v) is 3.59. The summed E-state index contributed by atoms with van der Waals surface area (Å²) in [7, 11) is 1.66. The van der Waals surface area contributed by atoms with Gasteiger partial charge in [0, 0.05) is 10.6 Å². The number of hydrogen-bond acceptors (Lipinski definition) is 1. The lowest BCUT2D eigenvalue weighted by molar-refractivity contribution is 0.291. The molecule has 1 aromatic rings. The second-order valence-electron chi connectivity index (χ2n) is 4.51. The van der Waals surface area contributed by atoms with Gasteiger partial charge in [-0.25, -0.2) is 0 Å². The van der Waals surface area contributed by atoms with Crippen LogP contribution < -0.4 is 4.74 Å². The highest BCUT2D eigenvalue weighted by molar-refractivity contribution is 9.10. The van der Waals surface area contributed by atoms with E-state index >= 15 is 0 Å². The molecule has 0 N–H and O–H groups in total. The van der Waals surface area contributed by atoms with Crippen molar-refractivity contribution in [3.05, 3.63) is 27.2 Å². The van der Waals surface area contributed by atoms with Crippen molar-refractivity contribution in [3.63, 3.8) is 0 Å². The summed E-state index contributed by atoms with van der Waals surface area (Å²) >= 11 is 16.0. The summed E-state index contributed by atoms with van der Waals surface area (Å²) in [5.74, 6) is 1.56. The Morgan fingerprint density at radius 1 is 1.47 bits per heavy atom. The molecule has 0 bridgehead atoms. The van der Waals surface area contributed by atoms with Crippen LogP contribution in [-0.4, -0.2) is 7.11 Å². The van der Waals surface area contributed by atoms with E-state index in [1.54, 1.807) is 7.11 Å². The largest absolute Gasteiger partial charge is 0.495 e. The molecule has 94 valence electrons. The molecule has 0 spiro atoms. The van der Waals surface area contributed by atoms with Gasteiger partial charge in [-0.3, -0.25) is 0 Å². The molecule has 1 fully saturated rings. The van der Waals surface area contributed by atoms with E-state index in [0.717, 1.165) is 28.1 Å². The summed E-state index contributed by atoms with van der Waals surface area (Å²) in [6.07, 6.45) is 4.94. The van der Waals surface area contributed by atoms with Crippen LogP contribution >= 0.6 is 39.1 Å². The first kappa shape index (κ1) is 13.5. The summed E-state index contributed by atoms with van der Waals surface area (Å²) in [5, 5.41) is 0.664. The van der Waals surface area contributed by atoms with Crippen LogP contribution in [0.5, 0.6) is 5.75 Å². The first-order chi connectivity index (χ1) is 8.11. The average molecular weight is 338 g/mol. The van der Waals surface area contributed by atoms with Crippen LogP contribution in [0.2, 0.25) is 5.02 Å². The molecule has 4 heteroatoms. The van der Waals surface area contributed by atoms with Gasteiger partial charge in [0.25, 0.3) is 0 Å². The average Bonchev–Trinajstić information content (AvgIpc) is 2.22. The van der Waals surface area contributed by atoms with Crippen LogP contribution in [0.15, 0.2) is 16.6 Å². The Morgan fingerprint density at radius 2 is 2.18 bits per heavy atom. The van der Waals surface area contributed by atoms with Gasteiger partial charge in [-0.2, -0.15) is 0 Å². The van der Waals surface area contributed by atoms with Gasteiger partial charge in [0.05, 0.1) is 17.0 Å². The predicted octanol–water partition coefficient (Wildman–Crippen LogP) is 5.58. The topological polar surface area (TPSA) is 9.23 Å². The van der Waals surface area contributed by atoms with Gasteiger partial charge < -0.3 is 4.74 Å². The third-order valence-corrected chi connectivity index (χ3v) is 4.56. The Labute approximate surface area is 121 Å². The molecule has 0 aliphatic heterocycles. The quantitative estimate of drug-likeness (QED) is 0.651. The fourth-order valence-electron chi connectivity index (χ4n) is 2.18. The van der Waals surface area contributed by atoms with Gasteiger partial charge in [0.2, 0.25) is 0 Å². The Morgan fingerprint density at radius 3 is 2.71 bits per heavy atom. The highest BCUT2D eigenvalue weighted by atomic mass is 79.9. The molecule has 1 aromatic carbocycles. The first-order valence-corrected chi connectivity index (χ1v) is 7.39. The van der Waals surface area contributed by atoms with Crippen LogP contribution in [0.25, 0.3) is 0 Å². The van der Waals surface area contributed by atoms with Crippen molar-refractivity contribution < 1.29 is 4.74 Å². The third-order valence-electron chi connectivity index (χ3n) is 3.34. The summed E-state index contributed by atoms with van der Waals surface area (Å²) in [5.41, 5.74) is 0.987. The summed E-state index contributed by atoms with van der Waals surface area (Å²) in [6.45, 7) is 0. The molecule has 1 atom stereocenters. The zero-order chi connectivity index (χ0) is 12.4. The van der Waals surface area contributed by atoms with Crippen molar-refractivity contribution in [2.24, 2.45) is 5.92 Å². The van der Waals surface area contributed by atoms with E-state index in [1.165, 1.54) is 19.3 Å². The Kier molecular flexibility index (Phi) is 4.62. The maximum atomic E-state index is 6.48. The number of benzene rings is 1. The lowest BCUT2D eigenvalue weighted by atomic mass is 9.81. The van der Waals surface area contributed by atoms with Crippen LogP contribution in [0, 0.1) is 5.92 Å². The zero-order valence-electron chi connectivity index (χ0n) is 9.68. The van der Waals surface area contributed by atoms with Gasteiger partial charge in [-0.15, -0.1) is 11.6 Å². The van der Waals surface area contributed by atoms with E-state index in [0.29, 0.717) is 5.02 Å². The monoisotopic (exact) mass is 336 g/mol. The highest BCUT2D eigenvalue weighted by Crippen LogP contribution is 2.43. The van der Waals surface area contributed by atoms with Crippen molar-refractivity contribution in [2.75, 3.05) is 7.11 Å². The molecule has 17 heavy (non-hydrogen) atoms. The molecule has 0 amide bonds. The molecule has 0 saturated heterocycles. The highest BCUT2D eigenvalue weighted by Gasteiger charge is 2.24. The minimum atomic E-state index is -0.0229. The van der Waals surface area contributed by atoms with E-state index in [4.69, 9.17) is 27.9 Å². The van der Waals surface area contributed by atoms with Gasteiger partial charge in [-0.1, -0.05) is 30.9 Å². The number of alkyl halides is 1. The van der Waals surface area contributed by atoms with Gasteiger partial charge in [0.1, 0.15) is 5.75 Å². The summed E-state index contributed by atoms with van der Waals surface area (Å²) < 4.78 is 6.26. The maximum Gasteiger partial charge on any atom is 0.137 e. The molecule has 1 nitrogen and oxygen atoms in total. The molecular weight excluding hydrogens is 323 g/mol. The van der Waals surface area contributed by atoms with E-state index in [-0.39, 0.29) is 5.38 Å². The Balaban J connectivity index is 2.22. The van der Waals surface area contributed by atoms with Crippen LogP contribution in [0.3, 0.4) is 0 Å². The molecule has 1 saturated carbocycles. The predicted molar refractivity (Wildman–Crippen MR) is 76.3 cm³/mol. The fraction of sp³-hybridized carbons (Fsp3) is 0.538. The van der Waals surface area contributed by atoms with Crippen LogP contribution in [0.1, 0.15) is 36.6 Å². The van der Waals surface area contributed by atoms with E-state index < -0.39 is 0 Å². The maximum absolute atomic E-state index is 6.48. The van der Waals surface area contributed by atoms with E-state index in [2.05, 4.69) is 15.9 Å². The number of ether oxygens (including phenoxy) is 1. The van der Waals surface area contributed by atoms with E-state index in [9.17, 15) is 0 Å². The Bertz CT molecular complexity index is 405.